The third-order valence-corrected chi connectivity index (χ3v) is 3.64. The molecule has 0 bridgehead atoms. The summed E-state index contributed by atoms with van der Waals surface area (Å²) in [4.78, 5) is 2.28. The molecule has 0 unspecified atom stereocenters. The SMILES string of the molecule is CC[C@H](CN)c1ccc(N(CCOC)CCOC)cc1. The Balaban J connectivity index is 2.75. The molecule has 4 nitrogen and oxygen atoms in total. The second kappa shape index (κ2) is 9.75. The van der Waals surface area contributed by atoms with E-state index in [1.807, 2.05) is 0 Å². The number of anilines is 1. The number of nitrogens with zero attached hydrogens (tertiary/aromatic N) is 1. The topological polar surface area (TPSA) is 47.7 Å². The van der Waals surface area contributed by atoms with E-state index in [0.717, 1.165) is 19.5 Å². The van der Waals surface area contributed by atoms with E-state index in [9.17, 15) is 0 Å². The minimum atomic E-state index is 0.454. The van der Waals surface area contributed by atoms with Gasteiger partial charge in [0.15, 0.2) is 0 Å². The molecule has 0 heterocycles. The molecule has 2 N–H and O–H groups in total. The van der Waals surface area contributed by atoms with Crippen LogP contribution in [0.1, 0.15) is 24.8 Å². The summed E-state index contributed by atoms with van der Waals surface area (Å²) in [5.74, 6) is 0.454. The van der Waals surface area contributed by atoms with E-state index in [1.165, 1.54) is 11.3 Å². The highest BCUT2D eigenvalue weighted by Gasteiger charge is 2.09. The normalized spacial score (nSPS) is 12.4. The van der Waals surface area contributed by atoms with Gasteiger partial charge in [-0.05, 0) is 36.6 Å². The molecule has 0 radical (unpaired) electrons. The van der Waals surface area contributed by atoms with Crippen LogP contribution in [0, 0.1) is 0 Å². The zero-order valence-electron chi connectivity index (χ0n) is 13.0. The van der Waals surface area contributed by atoms with Gasteiger partial charge in [0.2, 0.25) is 0 Å². The molecule has 0 spiro atoms. The summed E-state index contributed by atoms with van der Waals surface area (Å²) in [6.45, 7) is 6.04. The smallest absolute Gasteiger partial charge is 0.0637 e. The monoisotopic (exact) mass is 280 g/mol. The van der Waals surface area contributed by atoms with Crippen LogP contribution in [0.5, 0.6) is 0 Å². The fourth-order valence-corrected chi connectivity index (χ4v) is 2.27. The first-order valence-electron chi connectivity index (χ1n) is 7.29. The summed E-state index contributed by atoms with van der Waals surface area (Å²) in [5.41, 5.74) is 8.32. The lowest BCUT2D eigenvalue weighted by molar-refractivity contribution is 0.190. The Hall–Kier alpha value is -1.10. The predicted molar refractivity (Wildman–Crippen MR) is 84.5 cm³/mol. The molecule has 0 aliphatic rings. The molecule has 0 saturated carbocycles. The second-order valence-electron chi connectivity index (χ2n) is 4.91. The van der Waals surface area contributed by atoms with Crippen molar-refractivity contribution in [2.24, 2.45) is 5.73 Å². The van der Waals surface area contributed by atoms with Gasteiger partial charge in [-0.15, -0.1) is 0 Å². The van der Waals surface area contributed by atoms with Crippen LogP contribution in [-0.4, -0.2) is 47.1 Å². The molecule has 114 valence electrons. The molecule has 0 aliphatic heterocycles. The van der Waals surface area contributed by atoms with Gasteiger partial charge in [0, 0.05) is 33.0 Å². The maximum Gasteiger partial charge on any atom is 0.0637 e. The summed E-state index contributed by atoms with van der Waals surface area (Å²) in [7, 11) is 3.45. The molecule has 1 atom stereocenters. The molecular weight excluding hydrogens is 252 g/mol. The highest BCUT2D eigenvalue weighted by Crippen LogP contribution is 2.22. The van der Waals surface area contributed by atoms with Crippen molar-refractivity contribution < 1.29 is 9.47 Å². The van der Waals surface area contributed by atoms with Gasteiger partial charge in [-0.2, -0.15) is 0 Å². The molecule has 1 aromatic carbocycles. The Kier molecular flexibility index (Phi) is 8.26. The molecular formula is C16H28N2O2. The maximum absolute atomic E-state index is 5.80. The number of nitrogens with two attached hydrogens (primary N) is 1. The molecule has 1 rings (SSSR count). The van der Waals surface area contributed by atoms with Crippen molar-refractivity contribution in [1.82, 2.24) is 0 Å². The average Bonchev–Trinajstić information content (AvgIpc) is 2.50. The molecule has 0 fully saturated rings. The molecule has 0 aliphatic carbocycles. The zero-order chi connectivity index (χ0) is 14.8. The minimum Gasteiger partial charge on any atom is -0.383 e. The molecule has 0 saturated heterocycles. The highest BCUT2D eigenvalue weighted by molar-refractivity contribution is 5.48. The van der Waals surface area contributed by atoms with E-state index in [4.69, 9.17) is 15.2 Å². The Bertz CT molecular complexity index is 342. The molecule has 0 amide bonds. The van der Waals surface area contributed by atoms with Crippen LogP contribution in [0.25, 0.3) is 0 Å². The predicted octanol–water partition coefficient (Wildman–Crippen LogP) is 2.24. The van der Waals surface area contributed by atoms with E-state index in [1.54, 1.807) is 14.2 Å². The van der Waals surface area contributed by atoms with Crippen molar-refractivity contribution >= 4 is 5.69 Å². The standard InChI is InChI=1S/C16H28N2O2/c1-4-14(13-17)15-5-7-16(8-6-15)18(9-11-19-2)10-12-20-3/h5-8,14H,4,9-13,17H2,1-3H3/t14-/m1/s1. The number of benzene rings is 1. The van der Waals surface area contributed by atoms with Crippen LogP contribution < -0.4 is 10.6 Å². The van der Waals surface area contributed by atoms with Crippen LogP contribution in [0.15, 0.2) is 24.3 Å². The van der Waals surface area contributed by atoms with Gasteiger partial charge in [0.1, 0.15) is 0 Å². The number of rotatable bonds is 10. The Morgan fingerprint density at radius 3 is 2.00 bits per heavy atom. The summed E-state index contributed by atoms with van der Waals surface area (Å²) < 4.78 is 10.3. The van der Waals surface area contributed by atoms with Gasteiger partial charge in [0.25, 0.3) is 0 Å². The highest BCUT2D eigenvalue weighted by atomic mass is 16.5. The molecule has 1 aromatic rings. The summed E-state index contributed by atoms with van der Waals surface area (Å²) in [6, 6.07) is 8.70. The van der Waals surface area contributed by atoms with Crippen molar-refractivity contribution in [1.29, 1.82) is 0 Å². The number of hydrogen-bond acceptors (Lipinski definition) is 4. The Labute approximate surface area is 122 Å². The fourth-order valence-electron chi connectivity index (χ4n) is 2.27. The Morgan fingerprint density at radius 1 is 1.05 bits per heavy atom. The summed E-state index contributed by atoms with van der Waals surface area (Å²) >= 11 is 0. The first-order chi connectivity index (χ1) is 9.76. The number of hydrogen-bond donors (Lipinski definition) is 1. The maximum atomic E-state index is 5.80. The lowest BCUT2D eigenvalue weighted by atomic mass is 9.96. The van der Waals surface area contributed by atoms with Crippen LogP contribution >= 0.6 is 0 Å². The van der Waals surface area contributed by atoms with Gasteiger partial charge in [0.05, 0.1) is 13.2 Å². The quantitative estimate of drug-likeness (QED) is 0.714. The van der Waals surface area contributed by atoms with Crippen molar-refractivity contribution in [2.45, 2.75) is 19.3 Å². The van der Waals surface area contributed by atoms with Crippen LogP contribution in [0.3, 0.4) is 0 Å². The van der Waals surface area contributed by atoms with Crippen molar-refractivity contribution in [3.05, 3.63) is 29.8 Å². The van der Waals surface area contributed by atoms with Crippen molar-refractivity contribution in [3.63, 3.8) is 0 Å². The van der Waals surface area contributed by atoms with Gasteiger partial charge >= 0.3 is 0 Å². The Morgan fingerprint density at radius 2 is 1.60 bits per heavy atom. The summed E-state index contributed by atoms with van der Waals surface area (Å²) in [6.07, 6.45) is 1.08. The second-order valence-corrected chi connectivity index (χ2v) is 4.91. The first-order valence-corrected chi connectivity index (χ1v) is 7.29. The molecule has 0 aromatic heterocycles. The van der Waals surface area contributed by atoms with Gasteiger partial charge in [-0.1, -0.05) is 19.1 Å². The summed E-state index contributed by atoms with van der Waals surface area (Å²) in [5, 5.41) is 0. The molecule has 4 heteroatoms. The van der Waals surface area contributed by atoms with Gasteiger partial charge < -0.3 is 20.1 Å². The van der Waals surface area contributed by atoms with Crippen LogP contribution in [0.2, 0.25) is 0 Å². The largest absolute Gasteiger partial charge is 0.383 e. The number of methoxy groups -OCH3 is 2. The van der Waals surface area contributed by atoms with Crippen LogP contribution in [-0.2, 0) is 9.47 Å². The minimum absolute atomic E-state index is 0.454. The van der Waals surface area contributed by atoms with E-state index in [-0.39, 0.29) is 0 Å². The average molecular weight is 280 g/mol. The van der Waals surface area contributed by atoms with E-state index >= 15 is 0 Å². The third-order valence-electron chi connectivity index (χ3n) is 3.64. The van der Waals surface area contributed by atoms with E-state index in [2.05, 4.69) is 36.1 Å². The molecule has 20 heavy (non-hydrogen) atoms. The zero-order valence-corrected chi connectivity index (χ0v) is 13.0. The van der Waals surface area contributed by atoms with Crippen molar-refractivity contribution in [3.8, 4) is 0 Å². The fraction of sp³-hybridized carbons (Fsp3) is 0.625. The third kappa shape index (κ3) is 5.12. The number of ether oxygens (including phenoxy) is 2. The van der Waals surface area contributed by atoms with E-state index < -0.39 is 0 Å². The van der Waals surface area contributed by atoms with E-state index in [0.29, 0.717) is 25.7 Å². The van der Waals surface area contributed by atoms with Gasteiger partial charge in [-0.25, -0.2) is 0 Å². The van der Waals surface area contributed by atoms with Gasteiger partial charge in [-0.3, -0.25) is 0 Å². The van der Waals surface area contributed by atoms with Crippen LogP contribution in [0.4, 0.5) is 5.69 Å². The lowest BCUT2D eigenvalue weighted by Crippen LogP contribution is -2.30. The first kappa shape index (κ1) is 17.0. The van der Waals surface area contributed by atoms with Crippen molar-refractivity contribution in [2.75, 3.05) is 52.0 Å². The lowest BCUT2D eigenvalue weighted by Gasteiger charge is -2.25.